The molecule has 0 aliphatic carbocycles. The summed E-state index contributed by atoms with van der Waals surface area (Å²) in [5.74, 6) is -0.719. The van der Waals surface area contributed by atoms with Crippen molar-refractivity contribution in [2.45, 2.75) is 0 Å². The van der Waals surface area contributed by atoms with E-state index in [9.17, 15) is 14.4 Å². The summed E-state index contributed by atoms with van der Waals surface area (Å²) in [6, 6.07) is 26.0. The summed E-state index contributed by atoms with van der Waals surface area (Å²) in [5.41, 5.74) is 2.27. The van der Waals surface area contributed by atoms with Gasteiger partial charge in [-0.1, -0.05) is 52.3 Å². The first kappa shape index (κ1) is 24.6. The minimum absolute atomic E-state index is 0.0105. The van der Waals surface area contributed by atoms with Gasteiger partial charge < -0.3 is 15.1 Å². The van der Waals surface area contributed by atoms with Crippen LogP contribution in [0.15, 0.2) is 118 Å². The number of carbonyl (C=O) groups excluding carboxylic acids is 3. The Kier molecular flexibility index (Phi) is 8.05. The summed E-state index contributed by atoms with van der Waals surface area (Å²) in [4.78, 5) is 38.1. The van der Waals surface area contributed by atoms with Crippen LogP contribution in [-0.4, -0.2) is 17.6 Å². The van der Waals surface area contributed by atoms with Crippen LogP contribution in [-0.2, 0) is 4.79 Å². The van der Waals surface area contributed by atoms with E-state index in [-0.39, 0.29) is 11.5 Å². The molecule has 0 unspecified atom stereocenters. The number of carbonyl (C=O) groups is 3. The van der Waals surface area contributed by atoms with Gasteiger partial charge in [-0.25, -0.2) is 0 Å². The Morgan fingerprint density at radius 1 is 0.778 bits per heavy atom. The van der Waals surface area contributed by atoms with E-state index in [0.717, 1.165) is 10.0 Å². The van der Waals surface area contributed by atoms with Crippen molar-refractivity contribution >= 4 is 51.4 Å². The van der Waals surface area contributed by atoms with E-state index in [1.807, 2.05) is 24.3 Å². The van der Waals surface area contributed by atoms with Crippen molar-refractivity contribution in [2.24, 2.45) is 0 Å². The molecule has 7 heteroatoms. The highest BCUT2D eigenvalue weighted by atomic mass is 79.9. The molecule has 36 heavy (non-hydrogen) atoms. The molecule has 178 valence electrons. The van der Waals surface area contributed by atoms with Gasteiger partial charge in [0.1, 0.15) is 11.5 Å². The number of hydrogen-bond donors (Lipinski definition) is 2. The van der Waals surface area contributed by atoms with Gasteiger partial charge in [-0.2, -0.15) is 0 Å². The van der Waals surface area contributed by atoms with Gasteiger partial charge in [-0.15, -0.1) is 0 Å². The van der Waals surface area contributed by atoms with Gasteiger partial charge in [-0.3, -0.25) is 14.4 Å². The monoisotopic (exact) mass is 540 g/mol. The fourth-order valence-corrected chi connectivity index (χ4v) is 3.48. The molecule has 0 aliphatic heterocycles. The summed E-state index contributed by atoms with van der Waals surface area (Å²) < 4.78 is 6.26. The van der Waals surface area contributed by atoms with Crippen molar-refractivity contribution in [1.29, 1.82) is 0 Å². The first-order valence-electron chi connectivity index (χ1n) is 11.0. The van der Waals surface area contributed by atoms with E-state index in [1.54, 1.807) is 72.8 Å². The largest absolute Gasteiger partial charge is 0.465 e. The SMILES string of the molecule is O=C(Nc1ccc(C(=O)/C=C/c2ccc(Br)cc2)cc1)/C(=C/c1ccco1)NC(=O)c1ccccc1. The molecule has 1 heterocycles. The summed E-state index contributed by atoms with van der Waals surface area (Å²) in [5, 5.41) is 5.38. The molecule has 2 N–H and O–H groups in total. The van der Waals surface area contributed by atoms with E-state index in [0.29, 0.717) is 22.6 Å². The Hall–Kier alpha value is -4.49. The quantitative estimate of drug-likeness (QED) is 0.201. The number of amides is 2. The number of rotatable bonds is 8. The molecule has 1 aromatic heterocycles. The van der Waals surface area contributed by atoms with Crippen LogP contribution in [0.25, 0.3) is 12.2 Å². The molecule has 0 radical (unpaired) electrons. The van der Waals surface area contributed by atoms with Gasteiger partial charge >= 0.3 is 0 Å². The smallest absolute Gasteiger partial charge is 0.272 e. The molecule has 4 rings (SSSR count). The van der Waals surface area contributed by atoms with Crippen LogP contribution in [0, 0.1) is 0 Å². The standard InChI is InChI=1S/C29H21BrN2O4/c30-23-13-8-20(9-14-23)10-17-27(33)21-11-15-24(16-12-21)31-29(35)26(19-25-7-4-18-36-25)32-28(34)22-5-2-1-3-6-22/h1-19H,(H,31,35)(H,32,34)/b17-10+,26-19-. The number of benzene rings is 3. The summed E-state index contributed by atoms with van der Waals surface area (Å²) in [6.07, 6.45) is 6.16. The van der Waals surface area contributed by atoms with Gasteiger partial charge in [0, 0.05) is 27.4 Å². The summed E-state index contributed by atoms with van der Waals surface area (Å²) in [7, 11) is 0. The molecule has 0 saturated heterocycles. The predicted octanol–water partition coefficient (Wildman–Crippen LogP) is 6.35. The lowest BCUT2D eigenvalue weighted by molar-refractivity contribution is -0.113. The molecule has 6 nitrogen and oxygen atoms in total. The van der Waals surface area contributed by atoms with E-state index >= 15 is 0 Å². The van der Waals surface area contributed by atoms with Crippen molar-refractivity contribution in [3.63, 3.8) is 0 Å². The lowest BCUT2D eigenvalue weighted by Gasteiger charge is -2.11. The Morgan fingerprint density at radius 2 is 1.50 bits per heavy atom. The number of halogens is 1. The molecular weight excluding hydrogens is 520 g/mol. The number of nitrogens with one attached hydrogen (secondary N) is 2. The molecule has 0 spiro atoms. The molecule has 0 bridgehead atoms. The molecule has 2 amide bonds. The third-order valence-electron chi connectivity index (χ3n) is 5.08. The average molecular weight is 541 g/mol. The van der Waals surface area contributed by atoms with Crippen molar-refractivity contribution in [1.82, 2.24) is 5.32 Å². The lowest BCUT2D eigenvalue weighted by Crippen LogP contribution is -2.30. The van der Waals surface area contributed by atoms with Crippen LogP contribution in [0.4, 0.5) is 5.69 Å². The van der Waals surface area contributed by atoms with Crippen LogP contribution in [0.1, 0.15) is 32.0 Å². The number of furan rings is 1. The van der Waals surface area contributed by atoms with Crippen LogP contribution in [0.3, 0.4) is 0 Å². The van der Waals surface area contributed by atoms with Gasteiger partial charge in [-0.05, 0) is 72.3 Å². The molecule has 4 aromatic rings. The second-order valence-corrected chi connectivity index (χ2v) is 8.59. The minimum atomic E-state index is -0.537. The number of hydrogen-bond acceptors (Lipinski definition) is 4. The first-order valence-corrected chi connectivity index (χ1v) is 11.8. The number of ketones is 1. The van der Waals surface area contributed by atoms with E-state index in [2.05, 4.69) is 26.6 Å². The zero-order valence-electron chi connectivity index (χ0n) is 19.0. The Labute approximate surface area is 216 Å². The minimum Gasteiger partial charge on any atom is -0.465 e. The fourth-order valence-electron chi connectivity index (χ4n) is 3.22. The second kappa shape index (κ2) is 11.8. The van der Waals surface area contributed by atoms with Crippen LogP contribution < -0.4 is 10.6 Å². The van der Waals surface area contributed by atoms with Crippen LogP contribution >= 0.6 is 15.9 Å². The maximum absolute atomic E-state index is 13.0. The predicted molar refractivity (Wildman–Crippen MR) is 143 cm³/mol. The fraction of sp³-hybridized carbons (Fsp3) is 0. The van der Waals surface area contributed by atoms with Crippen molar-refractivity contribution in [3.8, 4) is 0 Å². The van der Waals surface area contributed by atoms with Crippen LogP contribution in [0.2, 0.25) is 0 Å². The van der Waals surface area contributed by atoms with Crippen molar-refractivity contribution < 1.29 is 18.8 Å². The van der Waals surface area contributed by atoms with E-state index < -0.39 is 11.8 Å². The highest BCUT2D eigenvalue weighted by molar-refractivity contribution is 9.10. The van der Waals surface area contributed by atoms with Crippen molar-refractivity contribution in [2.75, 3.05) is 5.32 Å². The number of anilines is 1. The third-order valence-corrected chi connectivity index (χ3v) is 5.61. The van der Waals surface area contributed by atoms with Gasteiger partial charge in [0.05, 0.1) is 6.26 Å². The Balaban J connectivity index is 1.45. The summed E-state index contributed by atoms with van der Waals surface area (Å²) >= 11 is 3.38. The van der Waals surface area contributed by atoms with Crippen LogP contribution in [0.5, 0.6) is 0 Å². The molecule has 0 atom stereocenters. The maximum atomic E-state index is 13.0. The zero-order chi connectivity index (χ0) is 25.3. The zero-order valence-corrected chi connectivity index (χ0v) is 20.6. The first-order chi connectivity index (χ1) is 17.5. The highest BCUT2D eigenvalue weighted by Crippen LogP contribution is 2.15. The van der Waals surface area contributed by atoms with Gasteiger partial charge in [0.25, 0.3) is 11.8 Å². The lowest BCUT2D eigenvalue weighted by atomic mass is 10.1. The Bertz CT molecular complexity index is 1410. The van der Waals surface area contributed by atoms with Gasteiger partial charge in [0.2, 0.25) is 0 Å². The second-order valence-electron chi connectivity index (χ2n) is 7.67. The molecular formula is C29H21BrN2O4. The molecule has 3 aromatic carbocycles. The molecule has 0 aliphatic rings. The van der Waals surface area contributed by atoms with Gasteiger partial charge in [0.15, 0.2) is 5.78 Å². The Morgan fingerprint density at radius 3 is 2.17 bits per heavy atom. The third kappa shape index (κ3) is 6.77. The maximum Gasteiger partial charge on any atom is 0.272 e. The summed E-state index contributed by atoms with van der Waals surface area (Å²) in [6.45, 7) is 0. The van der Waals surface area contributed by atoms with E-state index in [1.165, 1.54) is 18.4 Å². The molecule has 0 fully saturated rings. The van der Waals surface area contributed by atoms with E-state index in [4.69, 9.17) is 4.42 Å². The number of allylic oxidation sites excluding steroid dienone is 1. The normalized spacial score (nSPS) is 11.3. The molecule has 0 saturated carbocycles. The highest BCUT2D eigenvalue weighted by Gasteiger charge is 2.16. The van der Waals surface area contributed by atoms with Crippen molar-refractivity contribution in [3.05, 3.63) is 136 Å². The topological polar surface area (TPSA) is 88.4 Å². The average Bonchev–Trinajstić information content (AvgIpc) is 3.42.